The van der Waals surface area contributed by atoms with Crippen molar-refractivity contribution < 1.29 is 22.7 Å². The highest BCUT2D eigenvalue weighted by Gasteiger charge is 2.38. The van der Waals surface area contributed by atoms with Crippen LogP contribution in [0.1, 0.15) is 28.7 Å². The average molecular weight is 442 g/mol. The average Bonchev–Trinajstić information content (AvgIpc) is 3.02. The molecule has 2 aromatic carbocycles. The van der Waals surface area contributed by atoms with Crippen molar-refractivity contribution in [3.63, 3.8) is 0 Å². The Balaban J connectivity index is 2.24. The van der Waals surface area contributed by atoms with Gasteiger partial charge < -0.3 is 9.30 Å². The van der Waals surface area contributed by atoms with E-state index in [1.54, 1.807) is 55.5 Å². The van der Waals surface area contributed by atoms with E-state index in [0.717, 1.165) is 10.6 Å². The molecule has 0 amide bonds. The fourth-order valence-electron chi connectivity index (χ4n) is 3.03. The number of alkyl halides is 3. The molecule has 152 valence electrons. The van der Waals surface area contributed by atoms with Crippen LogP contribution >= 0.6 is 23.2 Å². The second-order valence-electron chi connectivity index (χ2n) is 6.23. The maximum absolute atomic E-state index is 13.8. The molecule has 0 aliphatic carbocycles. The Morgan fingerprint density at radius 3 is 2.31 bits per heavy atom. The van der Waals surface area contributed by atoms with Crippen LogP contribution in [-0.4, -0.2) is 17.1 Å². The van der Waals surface area contributed by atoms with Gasteiger partial charge in [-0.3, -0.25) is 0 Å². The number of carbonyl (C=O) groups excluding carboxylic acids is 1. The Morgan fingerprint density at radius 1 is 1.03 bits per heavy atom. The zero-order valence-electron chi connectivity index (χ0n) is 15.3. The Bertz CT molecular complexity index is 1030. The fourth-order valence-corrected chi connectivity index (χ4v) is 3.37. The molecular weight excluding hydrogens is 426 g/mol. The minimum Gasteiger partial charge on any atom is -0.461 e. The SMILES string of the molecule is CCOC(=O)c1c(-c2ccc(Cl)cc2)cc(C(F)(F)F)n1Cc1cccc(Cl)c1. The Morgan fingerprint density at radius 2 is 1.72 bits per heavy atom. The van der Waals surface area contributed by atoms with Crippen LogP contribution in [0.5, 0.6) is 0 Å². The normalized spacial score (nSPS) is 11.5. The number of nitrogens with zero attached hydrogens (tertiary/aromatic N) is 1. The summed E-state index contributed by atoms with van der Waals surface area (Å²) in [5.74, 6) is -0.838. The molecular formula is C21H16Cl2F3NO2. The zero-order valence-corrected chi connectivity index (χ0v) is 16.8. The highest BCUT2D eigenvalue weighted by molar-refractivity contribution is 6.30. The third-order valence-electron chi connectivity index (χ3n) is 4.24. The molecule has 0 radical (unpaired) electrons. The molecule has 0 spiro atoms. The number of esters is 1. The number of hydrogen-bond acceptors (Lipinski definition) is 2. The van der Waals surface area contributed by atoms with Crippen LogP contribution < -0.4 is 0 Å². The van der Waals surface area contributed by atoms with Crippen molar-refractivity contribution in [1.82, 2.24) is 4.57 Å². The molecule has 1 heterocycles. The van der Waals surface area contributed by atoms with Crippen molar-refractivity contribution in [3.05, 3.63) is 81.6 Å². The van der Waals surface area contributed by atoms with Gasteiger partial charge in [-0.05, 0) is 48.4 Å². The van der Waals surface area contributed by atoms with E-state index in [1.807, 2.05) is 0 Å². The van der Waals surface area contributed by atoms with Crippen molar-refractivity contribution in [2.24, 2.45) is 0 Å². The van der Waals surface area contributed by atoms with Crippen molar-refractivity contribution in [3.8, 4) is 11.1 Å². The van der Waals surface area contributed by atoms with Gasteiger partial charge in [-0.25, -0.2) is 4.79 Å². The minimum absolute atomic E-state index is 0.0303. The molecule has 3 rings (SSSR count). The van der Waals surface area contributed by atoms with E-state index in [0.29, 0.717) is 21.2 Å². The predicted octanol–water partition coefficient (Wildman–Crippen LogP) is 6.71. The maximum atomic E-state index is 13.8. The highest BCUT2D eigenvalue weighted by atomic mass is 35.5. The summed E-state index contributed by atoms with van der Waals surface area (Å²) in [7, 11) is 0. The lowest BCUT2D eigenvalue weighted by Crippen LogP contribution is -2.19. The number of ether oxygens (including phenoxy) is 1. The molecule has 0 fully saturated rings. The van der Waals surface area contributed by atoms with Crippen LogP contribution in [0.4, 0.5) is 13.2 Å². The summed E-state index contributed by atoms with van der Waals surface area (Å²) in [6.07, 6.45) is -4.68. The van der Waals surface area contributed by atoms with E-state index in [-0.39, 0.29) is 24.4 Å². The van der Waals surface area contributed by atoms with E-state index in [9.17, 15) is 18.0 Å². The van der Waals surface area contributed by atoms with E-state index < -0.39 is 17.8 Å². The van der Waals surface area contributed by atoms with E-state index in [2.05, 4.69) is 0 Å². The molecule has 3 nitrogen and oxygen atoms in total. The smallest absolute Gasteiger partial charge is 0.431 e. The van der Waals surface area contributed by atoms with Gasteiger partial charge in [0.15, 0.2) is 0 Å². The van der Waals surface area contributed by atoms with Gasteiger partial charge in [0, 0.05) is 22.2 Å². The zero-order chi connectivity index (χ0) is 21.2. The first-order valence-corrected chi connectivity index (χ1v) is 9.44. The van der Waals surface area contributed by atoms with Crippen molar-refractivity contribution in [1.29, 1.82) is 0 Å². The molecule has 8 heteroatoms. The van der Waals surface area contributed by atoms with Crippen LogP contribution in [0, 0.1) is 0 Å². The topological polar surface area (TPSA) is 31.2 Å². The monoisotopic (exact) mass is 441 g/mol. The number of benzene rings is 2. The molecule has 0 unspecified atom stereocenters. The number of rotatable bonds is 5. The molecule has 0 saturated carbocycles. The third-order valence-corrected chi connectivity index (χ3v) is 4.73. The Hall–Kier alpha value is -2.44. The van der Waals surface area contributed by atoms with E-state index in [1.165, 1.54) is 0 Å². The maximum Gasteiger partial charge on any atom is 0.431 e. The third kappa shape index (κ3) is 4.77. The van der Waals surface area contributed by atoms with Gasteiger partial charge in [0.1, 0.15) is 11.4 Å². The lowest BCUT2D eigenvalue weighted by Gasteiger charge is -2.15. The van der Waals surface area contributed by atoms with Crippen molar-refractivity contribution >= 4 is 29.2 Å². The molecule has 1 aromatic heterocycles. The number of hydrogen-bond donors (Lipinski definition) is 0. The Labute approximate surface area is 175 Å². The lowest BCUT2D eigenvalue weighted by molar-refractivity contribution is -0.143. The van der Waals surface area contributed by atoms with Gasteiger partial charge in [-0.15, -0.1) is 0 Å². The molecule has 0 aliphatic heterocycles. The van der Waals surface area contributed by atoms with Gasteiger partial charge in [-0.1, -0.05) is 47.5 Å². The molecule has 0 aliphatic rings. The van der Waals surface area contributed by atoms with Crippen LogP contribution in [0.15, 0.2) is 54.6 Å². The van der Waals surface area contributed by atoms with Crippen molar-refractivity contribution in [2.45, 2.75) is 19.6 Å². The van der Waals surface area contributed by atoms with Gasteiger partial charge in [0.25, 0.3) is 0 Å². The summed E-state index contributed by atoms with van der Waals surface area (Å²) in [6, 6.07) is 13.6. The van der Waals surface area contributed by atoms with Gasteiger partial charge in [0.2, 0.25) is 0 Å². The van der Waals surface area contributed by atoms with Crippen LogP contribution in [-0.2, 0) is 17.5 Å². The lowest BCUT2D eigenvalue weighted by atomic mass is 10.1. The van der Waals surface area contributed by atoms with Gasteiger partial charge >= 0.3 is 12.1 Å². The molecule has 0 N–H and O–H groups in total. The summed E-state index contributed by atoms with van der Waals surface area (Å²) in [5, 5.41) is 0.819. The quantitative estimate of drug-likeness (QED) is 0.412. The highest BCUT2D eigenvalue weighted by Crippen LogP contribution is 2.38. The molecule has 0 bridgehead atoms. The Kier molecular flexibility index (Phi) is 6.24. The first-order valence-electron chi connectivity index (χ1n) is 8.69. The summed E-state index contributed by atoms with van der Waals surface area (Å²) in [4.78, 5) is 12.7. The van der Waals surface area contributed by atoms with Crippen LogP contribution in [0.2, 0.25) is 10.0 Å². The summed E-state index contributed by atoms with van der Waals surface area (Å²) >= 11 is 11.9. The van der Waals surface area contributed by atoms with Gasteiger partial charge in [-0.2, -0.15) is 13.2 Å². The number of halogens is 5. The molecule has 0 atom stereocenters. The summed E-state index contributed by atoms with van der Waals surface area (Å²) in [5.41, 5.74) is -0.0685. The second kappa shape index (κ2) is 8.51. The van der Waals surface area contributed by atoms with E-state index in [4.69, 9.17) is 27.9 Å². The van der Waals surface area contributed by atoms with Crippen LogP contribution in [0.25, 0.3) is 11.1 Å². The first-order chi connectivity index (χ1) is 13.7. The van der Waals surface area contributed by atoms with Crippen molar-refractivity contribution in [2.75, 3.05) is 6.61 Å². The van der Waals surface area contributed by atoms with E-state index >= 15 is 0 Å². The standard InChI is InChI=1S/C21H16Cl2F3NO2/c1-2-29-20(28)19-17(14-6-8-15(22)9-7-14)11-18(21(24,25)26)27(19)12-13-4-3-5-16(23)10-13/h3-11H,2,12H2,1H3. The molecule has 3 aromatic rings. The number of carbonyl (C=O) groups is 1. The molecule has 29 heavy (non-hydrogen) atoms. The minimum atomic E-state index is -4.68. The number of aromatic nitrogens is 1. The molecule has 0 saturated heterocycles. The van der Waals surface area contributed by atoms with Gasteiger partial charge in [0.05, 0.1) is 6.61 Å². The summed E-state index contributed by atoms with van der Waals surface area (Å²) in [6.45, 7) is 1.43. The van der Waals surface area contributed by atoms with Crippen LogP contribution in [0.3, 0.4) is 0 Å². The second-order valence-corrected chi connectivity index (χ2v) is 7.11. The fraction of sp³-hybridized carbons (Fsp3) is 0.190. The largest absolute Gasteiger partial charge is 0.461 e. The first kappa shape index (κ1) is 21.3. The summed E-state index contributed by atoms with van der Waals surface area (Å²) < 4.78 is 47.5. The predicted molar refractivity (Wildman–Crippen MR) is 106 cm³/mol.